The molecule has 0 aliphatic carbocycles. The molecule has 6 nitrogen and oxygen atoms in total. The van der Waals surface area contributed by atoms with Crippen molar-refractivity contribution in [2.75, 3.05) is 26.1 Å². The minimum atomic E-state index is -0.543. The van der Waals surface area contributed by atoms with Crippen molar-refractivity contribution in [2.24, 2.45) is 0 Å². The average Bonchev–Trinajstić information content (AvgIpc) is 2.35. The zero-order valence-electron chi connectivity index (χ0n) is 10.3. The minimum absolute atomic E-state index is 0.0523. The maximum absolute atomic E-state index is 11.2. The first kappa shape index (κ1) is 13.4. The van der Waals surface area contributed by atoms with E-state index < -0.39 is 5.97 Å². The van der Waals surface area contributed by atoms with Crippen LogP contribution in [0.5, 0.6) is 0 Å². The second-order valence-corrected chi connectivity index (χ2v) is 3.58. The Bertz CT molecular complexity index is 371. The first-order valence-corrected chi connectivity index (χ1v) is 5.34. The van der Waals surface area contributed by atoms with Gasteiger partial charge in [-0.15, -0.1) is 0 Å². The second-order valence-electron chi connectivity index (χ2n) is 3.58. The fraction of sp³-hybridized carbons (Fsp3) is 0.545. The van der Waals surface area contributed by atoms with Crippen molar-refractivity contribution >= 4 is 11.8 Å². The molecule has 0 fully saturated rings. The number of hydrogen-bond donors (Lipinski definition) is 1. The number of ether oxygens (including phenoxy) is 2. The topological polar surface area (TPSA) is 73.3 Å². The summed E-state index contributed by atoms with van der Waals surface area (Å²) in [5.41, 5.74) is 0. The van der Waals surface area contributed by atoms with Gasteiger partial charge < -0.3 is 14.8 Å². The zero-order valence-corrected chi connectivity index (χ0v) is 10.3. The van der Waals surface area contributed by atoms with Crippen molar-refractivity contribution in [3.05, 3.63) is 18.1 Å². The van der Waals surface area contributed by atoms with Crippen LogP contribution in [-0.4, -0.2) is 42.8 Å². The number of carbonyl (C=O) groups is 1. The Balaban J connectivity index is 2.62. The first-order valence-electron chi connectivity index (χ1n) is 5.34. The Labute approximate surface area is 100 Å². The molecule has 0 aromatic carbocycles. The summed E-state index contributed by atoms with van der Waals surface area (Å²) in [6.07, 6.45) is 2.37. The molecule has 0 saturated heterocycles. The van der Waals surface area contributed by atoms with Crippen molar-refractivity contribution in [1.29, 1.82) is 0 Å². The van der Waals surface area contributed by atoms with Crippen molar-refractivity contribution in [1.82, 2.24) is 9.97 Å². The molecule has 1 heterocycles. The van der Waals surface area contributed by atoms with Crippen LogP contribution in [0.25, 0.3) is 0 Å². The summed E-state index contributed by atoms with van der Waals surface area (Å²) in [5, 5.41) is 3.16. The van der Waals surface area contributed by atoms with Gasteiger partial charge in [0, 0.05) is 26.0 Å². The lowest BCUT2D eigenvalue weighted by atomic mass is 10.2. The molecule has 1 atom stereocenters. The molecule has 0 saturated carbocycles. The standard InChI is InChI=1S/C11H17N3O3/c1-8(5-7-16-2)13-9-4-6-12-10(14-9)11(15)17-3/h4,6,8H,5,7H2,1-3H3,(H,12,13,14). The largest absolute Gasteiger partial charge is 0.463 e. The highest BCUT2D eigenvalue weighted by Gasteiger charge is 2.10. The third-order valence-corrected chi connectivity index (χ3v) is 2.17. The van der Waals surface area contributed by atoms with Crippen molar-refractivity contribution in [2.45, 2.75) is 19.4 Å². The molecule has 1 rings (SSSR count). The van der Waals surface area contributed by atoms with Crippen LogP contribution >= 0.6 is 0 Å². The van der Waals surface area contributed by atoms with E-state index in [1.165, 1.54) is 13.3 Å². The molecule has 0 aliphatic rings. The number of methoxy groups -OCH3 is 2. The molecule has 94 valence electrons. The van der Waals surface area contributed by atoms with Crippen LogP contribution in [-0.2, 0) is 9.47 Å². The predicted molar refractivity (Wildman–Crippen MR) is 62.9 cm³/mol. The Morgan fingerprint density at radius 2 is 2.29 bits per heavy atom. The summed E-state index contributed by atoms with van der Waals surface area (Å²) in [6, 6.07) is 1.91. The molecule has 17 heavy (non-hydrogen) atoms. The van der Waals surface area contributed by atoms with Crippen LogP contribution in [0.2, 0.25) is 0 Å². The average molecular weight is 239 g/mol. The Kier molecular flexibility index (Phi) is 5.35. The first-order chi connectivity index (χ1) is 8.17. The van der Waals surface area contributed by atoms with Gasteiger partial charge in [-0.3, -0.25) is 0 Å². The summed E-state index contributed by atoms with van der Waals surface area (Å²) in [5.74, 6) is 0.110. The van der Waals surface area contributed by atoms with E-state index in [2.05, 4.69) is 20.0 Å². The quantitative estimate of drug-likeness (QED) is 0.749. The van der Waals surface area contributed by atoms with Gasteiger partial charge in [0.05, 0.1) is 7.11 Å². The van der Waals surface area contributed by atoms with Gasteiger partial charge in [-0.1, -0.05) is 0 Å². The molecular formula is C11H17N3O3. The summed E-state index contributed by atoms with van der Waals surface area (Å²) >= 11 is 0. The van der Waals surface area contributed by atoms with Crippen LogP contribution in [0.15, 0.2) is 12.3 Å². The van der Waals surface area contributed by atoms with E-state index in [0.717, 1.165) is 6.42 Å². The van der Waals surface area contributed by atoms with Crippen molar-refractivity contribution in [3.8, 4) is 0 Å². The number of esters is 1. The molecule has 0 bridgehead atoms. The van der Waals surface area contributed by atoms with E-state index in [1.54, 1.807) is 13.2 Å². The van der Waals surface area contributed by atoms with Gasteiger partial charge in [-0.2, -0.15) is 0 Å². The SMILES string of the molecule is COCCC(C)Nc1ccnc(C(=O)OC)n1. The van der Waals surface area contributed by atoms with Gasteiger partial charge in [0.25, 0.3) is 0 Å². The number of carbonyl (C=O) groups excluding carboxylic acids is 1. The molecule has 6 heteroatoms. The number of hydrogen-bond acceptors (Lipinski definition) is 6. The Morgan fingerprint density at radius 3 is 2.94 bits per heavy atom. The Hall–Kier alpha value is -1.69. The maximum Gasteiger partial charge on any atom is 0.376 e. The van der Waals surface area contributed by atoms with Crippen LogP contribution in [0.1, 0.15) is 24.0 Å². The molecule has 0 amide bonds. The summed E-state index contributed by atoms with van der Waals surface area (Å²) in [7, 11) is 2.96. The minimum Gasteiger partial charge on any atom is -0.463 e. The summed E-state index contributed by atoms with van der Waals surface area (Å²) in [4.78, 5) is 19.1. The second kappa shape index (κ2) is 6.80. The van der Waals surface area contributed by atoms with Crippen LogP contribution in [0.4, 0.5) is 5.82 Å². The molecule has 1 aromatic heterocycles. The highest BCUT2D eigenvalue weighted by Crippen LogP contribution is 2.06. The van der Waals surface area contributed by atoms with Crippen molar-refractivity contribution in [3.63, 3.8) is 0 Å². The van der Waals surface area contributed by atoms with Gasteiger partial charge in [0.2, 0.25) is 5.82 Å². The number of nitrogens with one attached hydrogen (secondary N) is 1. The fourth-order valence-electron chi connectivity index (χ4n) is 1.25. The highest BCUT2D eigenvalue weighted by atomic mass is 16.5. The van der Waals surface area contributed by atoms with Crippen LogP contribution < -0.4 is 5.32 Å². The van der Waals surface area contributed by atoms with Crippen LogP contribution in [0.3, 0.4) is 0 Å². The third-order valence-electron chi connectivity index (χ3n) is 2.17. The molecule has 1 unspecified atom stereocenters. The lowest BCUT2D eigenvalue weighted by molar-refractivity contribution is 0.0587. The van der Waals surface area contributed by atoms with E-state index in [-0.39, 0.29) is 11.9 Å². The smallest absolute Gasteiger partial charge is 0.376 e. The lowest BCUT2D eigenvalue weighted by Crippen LogP contribution is -2.19. The predicted octanol–water partition coefficient (Wildman–Crippen LogP) is 1.10. The normalized spacial score (nSPS) is 11.9. The van der Waals surface area contributed by atoms with Gasteiger partial charge in [-0.05, 0) is 19.4 Å². The van der Waals surface area contributed by atoms with E-state index in [1.807, 2.05) is 6.92 Å². The maximum atomic E-state index is 11.2. The van der Waals surface area contributed by atoms with Crippen molar-refractivity contribution < 1.29 is 14.3 Å². The third kappa shape index (κ3) is 4.36. The summed E-state index contributed by atoms with van der Waals surface area (Å²) in [6.45, 7) is 2.68. The summed E-state index contributed by atoms with van der Waals surface area (Å²) < 4.78 is 9.53. The lowest BCUT2D eigenvalue weighted by Gasteiger charge is -2.13. The molecule has 0 radical (unpaired) electrons. The Morgan fingerprint density at radius 1 is 1.53 bits per heavy atom. The zero-order chi connectivity index (χ0) is 12.7. The van der Waals surface area contributed by atoms with E-state index in [4.69, 9.17) is 4.74 Å². The molecule has 0 spiro atoms. The number of anilines is 1. The van der Waals surface area contributed by atoms with Crippen LogP contribution in [0, 0.1) is 0 Å². The van der Waals surface area contributed by atoms with Gasteiger partial charge in [0.1, 0.15) is 5.82 Å². The van der Waals surface area contributed by atoms with E-state index in [9.17, 15) is 4.79 Å². The highest BCUT2D eigenvalue weighted by molar-refractivity contribution is 5.85. The molecular weight excluding hydrogens is 222 g/mol. The monoisotopic (exact) mass is 239 g/mol. The number of nitrogens with zero attached hydrogens (tertiary/aromatic N) is 2. The number of rotatable bonds is 6. The molecule has 1 aromatic rings. The van der Waals surface area contributed by atoms with Gasteiger partial charge in [-0.25, -0.2) is 14.8 Å². The number of aromatic nitrogens is 2. The van der Waals surface area contributed by atoms with E-state index >= 15 is 0 Å². The van der Waals surface area contributed by atoms with Gasteiger partial charge >= 0.3 is 5.97 Å². The van der Waals surface area contributed by atoms with Gasteiger partial charge in [0.15, 0.2) is 0 Å². The molecule has 0 aliphatic heterocycles. The van der Waals surface area contributed by atoms with E-state index in [0.29, 0.717) is 12.4 Å². The fourth-order valence-corrected chi connectivity index (χ4v) is 1.25. The molecule has 1 N–H and O–H groups in total.